The van der Waals surface area contributed by atoms with E-state index in [0.717, 1.165) is 40.6 Å². The van der Waals surface area contributed by atoms with Crippen molar-refractivity contribution < 1.29 is 9.21 Å². The van der Waals surface area contributed by atoms with Gasteiger partial charge in [0.2, 0.25) is 5.91 Å². The Morgan fingerprint density at radius 2 is 1.82 bits per heavy atom. The summed E-state index contributed by atoms with van der Waals surface area (Å²) in [5.41, 5.74) is 4.16. The molecule has 0 atom stereocenters. The van der Waals surface area contributed by atoms with Crippen LogP contribution in [0, 0.1) is 0 Å². The molecule has 1 heterocycles. The van der Waals surface area contributed by atoms with Crippen LogP contribution in [0.2, 0.25) is 0 Å². The van der Waals surface area contributed by atoms with Crippen molar-refractivity contribution in [1.82, 2.24) is 4.90 Å². The minimum Gasteiger partial charge on any atom is -0.423 e. The normalized spacial score (nSPS) is 11.1. The van der Waals surface area contributed by atoms with Crippen molar-refractivity contribution in [3.8, 4) is 0 Å². The van der Waals surface area contributed by atoms with Gasteiger partial charge in [0.15, 0.2) is 0 Å². The Bertz CT molecular complexity index is 1040. The van der Waals surface area contributed by atoms with Crippen LogP contribution in [-0.4, -0.2) is 24.4 Å². The number of rotatable bonds is 7. The standard InChI is InChI=1S/C23H26N2O3/c1-4-16-10-11-19-18(13-23(27)28-21(19)12-16)14-25(3)15-22(26)24-20-9-7-6-8-17(20)5-2/h6-13H,4-5,14-15H2,1-3H3,(H,24,26). The van der Waals surface area contributed by atoms with E-state index in [4.69, 9.17) is 4.42 Å². The summed E-state index contributed by atoms with van der Waals surface area (Å²) in [7, 11) is 1.87. The zero-order chi connectivity index (χ0) is 20.1. The summed E-state index contributed by atoms with van der Waals surface area (Å²) in [4.78, 5) is 26.3. The topological polar surface area (TPSA) is 62.6 Å². The Labute approximate surface area is 165 Å². The number of carbonyl (C=O) groups is 1. The van der Waals surface area contributed by atoms with Crippen molar-refractivity contribution in [2.24, 2.45) is 0 Å². The largest absolute Gasteiger partial charge is 0.423 e. The van der Waals surface area contributed by atoms with Gasteiger partial charge >= 0.3 is 5.63 Å². The first-order valence-electron chi connectivity index (χ1n) is 9.62. The van der Waals surface area contributed by atoms with Crippen LogP contribution in [0.1, 0.15) is 30.5 Å². The van der Waals surface area contributed by atoms with E-state index in [0.29, 0.717) is 12.1 Å². The van der Waals surface area contributed by atoms with Gasteiger partial charge in [0, 0.05) is 23.7 Å². The third-order valence-corrected chi connectivity index (χ3v) is 4.83. The zero-order valence-electron chi connectivity index (χ0n) is 16.6. The fourth-order valence-corrected chi connectivity index (χ4v) is 3.36. The third kappa shape index (κ3) is 4.67. The van der Waals surface area contributed by atoms with E-state index in [1.165, 1.54) is 6.07 Å². The molecule has 0 spiro atoms. The second-order valence-corrected chi connectivity index (χ2v) is 7.01. The number of aryl methyl sites for hydroxylation is 2. The molecule has 0 aliphatic heterocycles. The number of hydrogen-bond acceptors (Lipinski definition) is 4. The van der Waals surface area contributed by atoms with E-state index in [1.54, 1.807) is 0 Å². The molecule has 0 radical (unpaired) electrons. The second kappa shape index (κ2) is 8.85. The van der Waals surface area contributed by atoms with Crippen LogP contribution in [0.4, 0.5) is 5.69 Å². The molecule has 0 fully saturated rings. The molecule has 3 aromatic rings. The summed E-state index contributed by atoms with van der Waals surface area (Å²) < 4.78 is 5.36. The molecule has 0 aliphatic carbocycles. The monoisotopic (exact) mass is 378 g/mol. The molecule has 0 aliphatic rings. The summed E-state index contributed by atoms with van der Waals surface area (Å²) in [6.45, 7) is 4.84. The molecule has 0 unspecified atom stereocenters. The van der Waals surface area contributed by atoms with Gasteiger partial charge in [-0.3, -0.25) is 9.69 Å². The summed E-state index contributed by atoms with van der Waals surface area (Å²) in [5, 5.41) is 3.88. The molecular weight excluding hydrogens is 352 g/mol. The molecule has 0 saturated heterocycles. The van der Waals surface area contributed by atoms with E-state index < -0.39 is 0 Å². The number of para-hydroxylation sites is 1. The summed E-state index contributed by atoms with van der Waals surface area (Å²) >= 11 is 0. The van der Waals surface area contributed by atoms with Crippen molar-refractivity contribution >= 4 is 22.6 Å². The molecule has 1 aromatic heterocycles. The molecule has 5 heteroatoms. The Morgan fingerprint density at radius 1 is 1.04 bits per heavy atom. The first-order valence-corrected chi connectivity index (χ1v) is 9.62. The predicted molar refractivity (Wildman–Crippen MR) is 113 cm³/mol. The van der Waals surface area contributed by atoms with Crippen LogP contribution in [0.15, 0.2) is 57.7 Å². The lowest BCUT2D eigenvalue weighted by molar-refractivity contribution is -0.117. The van der Waals surface area contributed by atoms with E-state index in [-0.39, 0.29) is 18.1 Å². The molecule has 1 amide bonds. The fourth-order valence-electron chi connectivity index (χ4n) is 3.36. The molecule has 5 nitrogen and oxygen atoms in total. The van der Waals surface area contributed by atoms with Crippen molar-refractivity contribution in [2.75, 3.05) is 18.9 Å². The highest BCUT2D eigenvalue weighted by Crippen LogP contribution is 2.20. The lowest BCUT2D eigenvalue weighted by atomic mass is 10.1. The van der Waals surface area contributed by atoms with Gasteiger partial charge in [0.05, 0.1) is 6.54 Å². The van der Waals surface area contributed by atoms with Crippen molar-refractivity contribution in [1.29, 1.82) is 0 Å². The van der Waals surface area contributed by atoms with Crippen LogP contribution < -0.4 is 10.9 Å². The zero-order valence-corrected chi connectivity index (χ0v) is 16.6. The van der Waals surface area contributed by atoms with E-state index in [9.17, 15) is 9.59 Å². The van der Waals surface area contributed by atoms with Crippen LogP contribution in [-0.2, 0) is 24.2 Å². The quantitative estimate of drug-likeness (QED) is 0.632. The van der Waals surface area contributed by atoms with Crippen molar-refractivity contribution in [3.05, 3.63) is 75.6 Å². The first kappa shape index (κ1) is 19.8. The van der Waals surface area contributed by atoms with E-state index in [2.05, 4.69) is 19.2 Å². The van der Waals surface area contributed by atoms with E-state index >= 15 is 0 Å². The highest BCUT2D eigenvalue weighted by atomic mass is 16.4. The van der Waals surface area contributed by atoms with Gasteiger partial charge in [0.1, 0.15) is 5.58 Å². The van der Waals surface area contributed by atoms with Crippen LogP contribution in [0.25, 0.3) is 11.0 Å². The Morgan fingerprint density at radius 3 is 2.57 bits per heavy atom. The molecule has 3 rings (SSSR count). The number of nitrogens with one attached hydrogen (secondary N) is 1. The summed E-state index contributed by atoms with van der Waals surface area (Å²) in [6.07, 6.45) is 1.74. The Kier molecular flexibility index (Phi) is 6.26. The van der Waals surface area contributed by atoms with Crippen molar-refractivity contribution in [2.45, 2.75) is 33.2 Å². The number of fused-ring (bicyclic) bond motifs is 1. The Hall–Kier alpha value is -2.92. The number of likely N-dealkylation sites (N-methyl/N-ethyl adjacent to an activating group) is 1. The second-order valence-electron chi connectivity index (χ2n) is 7.01. The van der Waals surface area contributed by atoms with Crippen LogP contribution >= 0.6 is 0 Å². The predicted octanol–water partition coefficient (Wildman–Crippen LogP) is 3.99. The number of hydrogen-bond donors (Lipinski definition) is 1. The third-order valence-electron chi connectivity index (χ3n) is 4.83. The average molecular weight is 378 g/mol. The Balaban J connectivity index is 1.73. The first-order chi connectivity index (χ1) is 13.5. The maximum absolute atomic E-state index is 12.5. The van der Waals surface area contributed by atoms with Gasteiger partial charge in [-0.15, -0.1) is 0 Å². The molecule has 1 N–H and O–H groups in total. The SMILES string of the molecule is CCc1ccc2c(CN(C)CC(=O)Nc3ccccc3CC)cc(=O)oc2c1. The molecule has 146 valence electrons. The minimum absolute atomic E-state index is 0.0797. The summed E-state index contributed by atoms with van der Waals surface area (Å²) in [6, 6.07) is 15.3. The number of anilines is 1. The lowest BCUT2D eigenvalue weighted by Gasteiger charge is -2.18. The maximum atomic E-state index is 12.5. The number of carbonyl (C=O) groups excluding carboxylic acids is 1. The smallest absolute Gasteiger partial charge is 0.336 e. The average Bonchev–Trinajstić information content (AvgIpc) is 2.67. The van der Waals surface area contributed by atoms with Crippen LogP contribution in [0.3, 0.4) is 0 Å². The number of benzene rings is 2. The fraction of sp³-hybridized carbons (Fsp3) is 0.304. The van der Waals surface area contributed by atoms with Crippen molar-refractivity contribution in [3.63, 3.8) is 0 Å². The van der Waals surface area contributed by atoms with Gasteiger partial charge in [-0.05, 0) is 48.7 Å². The van der Waals surface area contributed by atoms with Gasteiger partial charge in [-0.1, -0.05) is 44.2 Å². The van der Waals surface area contributed by atoms with Crippen LogP contribution in [0.5, 0.6) is 0 Å². The minimum atomic E-state index is -0.370. The van der Waals surface area contributed by atoms with Gasteiger partial charge in [0.25, 0.3) is 0 Å². The highest BCUT2D eigenvalue weighted by Gasteiger charge is 2.12. The van der Waals surface area contributed by atoms with Gasteiger partial charge in [-0.2, -0.15) is 0 Å². The molecule has 0 saturated carbocycles. The van der Waals surface area contributed by atoms with E-state index in [1.807, 2.05) is 54.4 Å². The van der Waals surface area contributed by atoms with Gasteiger partial charge < -0.3 is 9.73 Å². The lowest BCUT2D eigenvalue weighted by Crippen LogP contribution is -2.30. The molecule has 2 aromatic carbocycles. The molecule has 0 bridgehead atoms. The highest BCUT2D eigenvalue weighted by molar-refractivity contribution is 5.93. The summed E-state index contributed by atoms with van der Waals surface area (Å²) in [5.74, 6) is -0.0797. The molecule has 28 heavy (non-hydrogen) atoms. The maximum Gasteiger partial charge on any atom is 0.336 e. The molecular formula is C23H26N2O3. The van der Waals surface area contributed by atoms with Gasteiger partial charge in [-0.25, -0.2) is 4.79 Å². The number of amides is 1. The number of nitrogens with zero attached hydrogens (tertiary/aromatic N) is 1.